The molecule has 14 heavy (non-hydrogen) atoms. The van der Waals surface area contributed by atoms with Gasteiger partial charge < -0.3 is 9.84 Å². The lowest BCUT2D eigenvalue weighted by Gasteiger charge is -2.11. The summed E-state index contributed by atoms with van der Waals surface area (Å²) in [7, 11) is 1.44. The van der Waals surface area contributed by atoms with Gasteiger partial charge in [0.1, 0.15) is 6.10 Å². The van der Waals surface area contributed by atoms with Crippen molar-refractivity contribution in [2.75, 3.05) is 7.11 Å². The maximum atomic E-state index is 12.1. The van der Waals surface area contributed by atoms with Crippen LogP contribution >= 0.6 is 0 Å². The Labute approximate surface area is 80.3 Å². The zero-order chi connectivity index (χ0) is 10.7. The summed E-state index contributed by atoms with van der Waals surface area (Å²) < 4.78 is 29.1. The van der Waals surface area contributed by atoms with E-state index in [0.29, 0.717) is 11.4 Å². The molecule has 1 unspecified atom stereocenters. The van der Waals surface area contributed by atoms with Crippen molar-refractivity contribution in [1.29, 1.82) is 0 Å². The van der Waals surface area contributed by atoms with E-state index in [1.54, 1.807) is 6.92 Å². The summed E-state index contributed by atoms with van der Waals surface area (Å²) >= 11 is 0. The molecule has 1 heterocycles. The molecule has 1 atom stereocenters. The van der Waals surface area contributed by atoms with Gasteiger partial charge >= 0.3 is 0 Å². The fourth-order valence-electron chi connectivity index (χ4n) is 1.10. The third kappa shape index (κ3) is 2.17. The van der Waals surface area contributed by atoms with E-state index in [9.17, 15) is 8.78 Å². The molecule has 1 rings (SSSR count). The number of ether oxygens (including phenoxy) is 1. The van der Waals surface area contributed by atoms with Gasteiger partial charge in [-0.2, -0.15) is 0 Å². The molecule has 0 radical (unpaired) electrons. The van der Waals surface area contributed by atoms with Gasteiger partial charge in [-0.05, 0) is 13.0 Å². The summed E-state index contributed by atoms with van der Waals surface area (Å²) in [5.74, 6) is 0.371. The van der Waals surface area contributed by atoms with E-state index < -0.39 is 12.5 Å². The lowest BCUT2D eigenvalue weighted by Crippen LogP contribution is -2.09. The summed E-state index contributed by atoms with van der Waals surface area (Å²) in [5, 5.41) is 9.06. The number of rotatable bonds is 3. The lowest BCUT2D eigenvalue weighted by molar-refractivity contribution is -0.00603. The largest absolute Gasteiger partial charge is 0.481 e. The molecule has 0 saturated carbocycles. The van der Waals surface area contributed by atoms with E-state index in [-0.39, 0.29) is 5.56 Å². The van der Waals surface area contributed by atoms with Crippen LogP contribution in [-0.2, 0) is 0 Å². The number of aliphatic hydroxyl groups excluding tert-OH is 1. The van der Waals surface area contributed by atoms with E-state index in [1.807, 2.05) is 0 Å². The van der Waals surface area contributed by atoms with Crippen LogP contribution in [0.1, 0.15) is 17.2 Å². The number of nitrogens with zero attached hydrogens (tertiary/aromatic N) is 1. The molecule has 0 saturated heterocycles. The van der Waals surface area contributed by atoms with Crippen LogP contribution in [0.25, 0.3) is 0 Å². The molecule has 0 bridgehead atoms. The molecule has 1 aromatic heterocycles. The Morgan fingerprint density at radius 1 is 1.50 bits per heavy atom. The van der Waals surface area contributed by atoms with Crippen LogP contribution in [0.15, 0.2) is 12.3 Å². The predicted molar refractivity (Wildman–Crippen MR) is 46.5 cm³/mol. The SMILES string of the molecule is COc1ncc(C(O)C(F)F)cc1C. The van der Waals surface area contributed by atoms with E-state index in [0.717, 1.165) is 0 Å². The van der Waals surface area contributed by atoms with E-state index in [2.05, 4.69) is 4.98 Å². The quantitative estimate of drug-likeness (QED) is 0.812. The van der Waals surface area contributed by atoms with Crippen molar-refractivity contribution in [2.24, 2.45) is 0 Å². The van der Waals surface area contributed by atoms with Crippen LogP contribution in [0.4, 0.5) is 8.78 Å². The lowest BCUT2D eigenvalue weighted by atomic mass is 10.1. The van der Waals surface area contributed by atoms with Crippen molar-refractivity contribution in [3.63, 3.8) is 0 Å². The van der Waals surface area contributed by atoms with Crippen molar-refractivity contribution in [3.8, 4) is 5.88 Å². The first-order valence-electron chi connectivity index (χ1n) is 4.03. The normalized spacial score (nSPS) is 13.0. The average molecular weight is 203 g/mol. The van der Waals surface area contributed by atoms with Gasteiger partial charge in [-0.25, -0.2) is 13.8 Å². The van der Waals surface area contributed by atoms with Gasteiger partial charge in [0, 0.05) is 17.3 Å². The number of aliphatic hydroxyl groups is 1. The van der Waals surface area contributed by atoms with Gasteiger partial charge in [0.15, 0.2) is 0 Å². The second kappa shape index (κ2) is 4.32. The molecule has 0 spiro atoms. The number of alkyl halides is 2. The van der Waals surface area contributed by atoms with Crippen molar-refractivity contribution in [2.45, 2.75) is 19.5 Å². The van der Waals surface area contributed by atoms with Crippen LogP contribution in [0, 0.1) is 6.92 Å². The van der Waals surface area contributed by atoms with Gasteiger partial charge in [0.25, 0.3) is 6.43 Å². The molecular weight excluding hydrogens is 192 g/mol. The highest BCUT2D eigenvalue weighted by Gasteiger charge is 2.20. The second-order valence-corrected chi connectivity index (χ2v) is 2.87. The Kier molecular flexibility index (Phi) is 3.35. The number of methoxy groups -OCH3 is 1. The van der Waals surface area contributed by atoms with E-state index in [1.165, 1.54) is 19.4 Å². The first-order valence-corrected chi connectivity index (χ1v) is 4.03. The van der Waals surface area contributed by atoms with E-state index in [4.69, 9.17) is 9.84 Å². The standard InChI is InChI=1S/C9H11F2NO2/c1-5-3-6(7(13)8(10)11)4-12-9(5)14-2/h3-4,7-8,13H,1-2H3. The highest BCUT2D eigenvalue weighted by atomic mass is 19.3. The molecule has 3 nitrogen and oxygen atoms in total. The smallest absolute Gasteiger partial charge is 0.268 e. The maximum absolute atomic E-state index is 12.1. The number of halogens is 2. The van der Waals surface area contributed by atoms with Crippen LogP contribution < -0.4 is 4.74 Å². The minimum Gasteiger partial charge on any atom is -0.481 e. The van der Waals surface area contributed by atoms with Gasteiger partial charge in [-0.15, -0.1) is 0 Å². The maximum Gasteiger partial charge on any atom is 0.268 e. The van der Waals surface area contributed by atoms with Crippen molar-refractivity contribution in [1.82, 2.24) is 4.98 Å². The predicted octanol–water partition coefficient (Wildman–Crippen LogP) is 1.70. The first kappa shape index (κ1) is 10.8. The third-order valence-corrected chi connectivity index (χ3v) is 1.82. The molecular formula is C9H11F2NO2. The Bertz CT molecular complexity index is 318. The number of aromatic nitrogens is 1. The topological polar surface area (TPSA) is 42.4 Å². The Hall–Kier alpha value is -1.23. The number of hydrogen-bond acceptors (Lipinski definition) is 3. The number of pyridine rings is 1. The zero-order valence-electron chi connectivity index (χ0n) is 7.87. The van der Waals surface area contributed by atoms with Crippen LogP contribution in [-0.4, -0.2) is 23.6 Å². The Balaban J connectivity index is 2.96. The van der Waals surface area contributed by atoms with Crippen LogP contribution in [0.2, 0.25) is 0 Å². The minimum atomic E-state index is -2.80. The van der Waals surface area contributed by atoms with Gasteiger partial charge in [-0.3, -0.25) is 0 Å². The third-order valence-electron chi connectivity index (χ3n) is 1.82. The van der Waals surface area contributed by atoms with Gasteiger partial charge in [0.05, 0.1) is 7.11 Å². The number of hydrogen-bond donors (Lipinski definition) is 1. The fraction of sp³-hybridized carbons (Fsp3) is 0.444. The second-order valence-electron chi connectivity index (χ2n) is 2.87. The summed E-state index contributed by atoms with van der Waals surface area (Å²) in [6, 6.07) is 1.43. The molecule has 78 valence electrons. The zero-order valence-corrected chi connectivity index (χ0v) is 7.87. The number of aryl methyl sites for hydroxylation is 1. The average Bonchev–Trinajstić information content (AvgIpc) is 2.16. The highest BCUT2D eigenvalue weighted by Crippen LogP contribution is 2.23. The minimum absolute atomic E-state index is 0.0956. The molecule has 0 amide bonds. The van der Waals surface area contributed by atoms with Crippen molar-refractivity contribution in [3.05, 3.63) is 23.4 Å². The van der Waals surface area contributed by atoms with Crippen molar-refractivity contribution >= 4 is 0 Å². The van der Waals surface area contributed by atoms with E-state index >= 15 is 0 Å². The summed E-state index contributed by atoms with van der Waals surface area (Å²) in [6.45, 7) is 1.67. The molecule has 0 aliphatic rings. The van der Waals surface area contributed by atoms with Crippen molar-refractivity contribution < 1.29 is 18.6 Å². The summed E-state index contributed by atoms with van der Waals surface area (Å²) in [4.78, 5) is 3.78. The summed E-state index contributed by atoms with van der Waals surface area (Å²) in [5.41, 5.74) is 0.711. The molecule has 0 aromatic carbocycles. The summed E-state index contributed by atoms with van der Waals surface area (Å²) in [6.07, 6.45) is -3.40. The highest BCUT2D eigenvalue weighted by molar-refractivity contribution is 5.29. The molecule has 0 fully saturated rings. The Morgan fingerprint density at radius 3 is 2.57 bits per heavy atom. The molecule has 1 N–H and O–H groups in total. The van der Waals surface area contributed by atoms with Crippen LogP contribution in [0.3, 0.4) is 0 Å². The molecule has 1 aromatic rings. The van der Waals surface area contributed by atoms with Gasteiger partial charge in [0.2, 0.25) is 5.88 Å². The van der Waals surface area contributed by atoms with Gasteiger partial charge in [-0.1, -0.05) is 0 Å². The fourth-order valence-corrected chi connectivity index (χ4v) is 1.10. The molecule has 0 aliphatic carbocycles. The molecule has 5 heteroatoms. The van der Waals surface area contributed by atoms with Crippen LogP contribution in [0.5, 0.6) is 5.88 Å². The monoisotopic (exact) mass is 203 g/mol. The first-order chi connectivity index (χ1) is 6.56. The Morgan fingerprint density at radius 2 is 2.14 bits per heavy atom. The molecule has 0 aliphatic heterocycles.